The van der Waals surface area contributed by atoms with E-state index in [9.17, 15) is 0 Å². The standard InChI is InChI=1S/C14H22N4/c1-10-4-5-13-11(7-10)8-16-14(17-13)18-6-2-3-12(15)9-18/h8,10,12H,2-7,9,15H2,1H3. The Hall–Kier alpha value is -1.16. The Morgan fingerprint density at radius 2 is 2.28 bits per heavy atom. The second-order valence-corrected chi connectivity index (χ2v) is 5.84. The summed E-state index contributed by atoms with van der Waals surface area (Å²) in [6.45, 7) is 4.25. The van der Waals surface area contributed by atoms with Gasteiger partial charge in [-0.05, 0) is 43.6 Å². The first-order chi connectivity index (χ1) is 8.72. The first kappa shape index (κ1) is 11.9. The third kappa shape index (κ3) is 2.34. The van der Waals surface area contributed by atoms with E-state index in [4.69, 9.17) is 10.7 Å². The number of nitrogens with two attached hydrogens (primary N) is 1. The molecule has 2 atom stereocenters. The van der Waals surface area contributed by atoms with Crippen molar-refractivity contribution in [3.05, 3.63) is 17.5 Å². The average molecular weight is 246 g/mol. The normalized spacial score (nSPS) is 28.0. The van der Waals surface area contributed by atoms with E-state index in [1.54, 1.807) is 0 Å². The highest BCUT2D eigenvalue weighted by Crippen LogP contribution is 2.25. The quantitative estimate of drug-likeness (QED) is 0.816. The average Bonchev–Trinajstić information content (AvgIpc) is 2.38. The molecule has 4 nitrogen and oxygen atoms in total. The van der Waals surface area contributed by atoms with Gasteiger partial charge in [0.2, 0.25) is 5.95 Å². The van der Waals surface area contributed by atoms with Gasteiger partial charge in [-0.25, -0.2) is 9.97 Å². The zero-order valence-electron chi connectivity index (χ0n) is 11.1. The van der Waals surface area contributed by atoms with Gasteiger partial charge in [0.05, 0.1) is 0 Å². The Labute approximate surface area is 109 Å². The fourth-order valence-corrected chi connectivity index (χ4v) is 3.02. The van der Waals surface area contributed by atoms with Crippen molar-refractivity contribution in [3.8, 4) is 0 Å². The van der Waals surface area contributed by atoms with Gasteiger partial charge in [0, 0.05) is 31.0 Å². The molecule has 0 aromatic carbocycles. The second-order valence-electron chi connectivity index (χ2n) is 5.84. The molecule has 4 heteroatoms. The molecular formula is C14H22N4. The molecule has 2 unspecified atom stereocenters. The van der Waals surface area contributed by atoms with Crippen LogP contribution in [0.15, 0.2) is 6.20 Å². The molecule has 1 fully saturated rings. The first-order valence-corrected chi connectivity index (χ1v) is 7.07. The van der Waals surface area contributed by atoms with Gasteiger partial charge < -0.3 is 10.6 Å². The molecule has 0 spiro atoms. The lowest BCUT2D eigenvalue weighted by molar-refractivity contribution is 0.483. The van der Waals surface area contributed by atoms with Crippen LogP contribution in [0.1, 0.15) is 37.4 Å². The van der Waals surface area contributed by atoms with Crippen molar-refractivity contribution < 1.29 is 0 Å². The van der Waals surface area contributed by atoms with Crippen LogP contribution >= 0.6 is 0 Å². The highest BCUT2D eigenvalue weighted by molar-refractivity contribution is 5.35. The van der Waals surface area contributed by atoms with Crippen LogP contribution in [0.5, 0.6) is 0 Å². The van der Waals surface area contributed by atoms with Gasteiger partial charge in [-0.15, -0.1) is 0 Å². The maximum absolute atomic E-state index is 6.02. The predicted molar refractivity (Wildman–Crippen MR) is 72.6 cm³/mol. The Morgan fingerprint density at radius 1 is 1.39 bits per heavy atom. The Balaban J connectivity index is 1.81. The highest BCUT2D eigenvalue weighted by Gasteiger charge is 2.22. The van der Waals surface area contributed by atoms with Gasteiger partial charge in [0.15, 0.2) is 0 Å². The molecule has 2 heterocycles. The lowest BCUT2D eigenvalue weighted by Gasteiger charge is -2.31. The summed E-state index contributed by atoms with van der Waals surface area (Å²) >= 11 is 0. The SMILES string of the molecule is CC1CCc2nc(N3CCCC(N)C3)ncc2C1. The van der Waals surface area contributed by atoms with Crippen molar-refractivity contribution in [3.63, 3.8) is 0 Å². The van der Waals surface area contributed by atoms with E-state index < -0.39 is 0 Å². The minimum absolute atomic E-state index is 0.276. The summed E-state index contributed by atoms with van der Waals surface area (Å²) in [6.07, 6.45) is 7.80. The van der Waals surface area contributed by atoms with Crippen LogP contribution in [0.3, 0.4) is 0 Å². The van der Waals surface area contributed by atoms with Crippen LogP contribution in [0.4, 0.5) is 5.95 Å². The van der Waals surface area contributed by atoms with E-state index in [0.29, 0.717) is 0 Å². The topological polar surface area (TPSA) is 55.0 Å². The fourth-order valence-electron chi connectivity index (χ4n) is 3.02. The monoisotopic (exact) mass is 246 g/mol. The van der Waals surface area contributed by atoms with Crippen molar-refractivity contribution in [1.82, 2.24) is 9.97 Å². The van der Waals surface area contributed by atoms with E-state index in [1.807, 2.05) is 6.20 Å². The fraction of sp³-hybridized carbons (Fsp3) is 0.714. The minimum atomic E-state index is 0.276. The molecule has 18 heavy (non-hydrogen) atoms. The lowest BCUT2D eigenvalue weighted by atomic mass is 9.89. The van der Waals surface area contributed by atoms with Gasteiger partial charge in [-0.3, -0.25) is 0 Å². The van der Waals surface area contributed by atoms with Gasteiger partial charge in [-0.1, -0.05) is 6.92 Å². The van der Waals surface area contributed by atoms with Crippen molar-refractivity contribution in [2.45, 2.75) is 45.1 Å². The van der Waals surface area contributed by atoms with E-state index in [1.165, 1.54) is 17.7 Å². The largest absolute Gasteiger partial charge is 0.339 e. The van der Waals surface area contributed by atoms with Crippen LogP contribution in [0, 0.1) is 5.92 Å². The van der Waals surface area contributed by atoms with E-state index in [-0.39, 0.29) is 6.04 Å². The van der Waals surface area contributed by atoms with Crippen LogP contribution < -0.4 is 10.6 Å². The molecule has 0 bridgehead atoms. The molecule has 0 radical (unpaired) electrons. The molecule has 1 aromatic rings. The summed E-state index contributed by atoms with van der Waals surface area (Å²) in [5.41, 5.74) is 8.63. The van der Waals surface area contributed by atoms with Crippen molar-refractivity contribution in [2.24, 2.45) is 11.7 Å². The number of aryl methyl sites for hydroxylation is 1. The summed E-state index contributed by atoms with van der Waals surface area (Å²) in [5.74, 6) is 1.66. The molecule has 0 saturated carbocycles. The number of aromatic nitrogens is 2. The maximum atomic E-state index is 6.02. The molecule has 2 aliphatic rings. The van der Waals surface area contributed by atoms with E-state index in [0.717, 1.165) is 50.6 Å². The summed E-state index contributed by atoms with van der Waals surface area (Å²) in [5, 5.41) is 0. The molecule has 98 valence electrons. The number of rotatable bonds is 1. The summed E-state index contributed by atoms with van der Waals surface area (Å²) in [4.78, 5) is 11.6. The second kappa shape index (κ2) is 4.84. The molecule has 1 saturated heterocycles. The lowest BCUT2D eigenvalue weighted by Crippen LogP contribution is -2.43. The summed E-state index contributed by atoms with van der Waals surface area (Å²) < 4.78 is 0. The zero-order chi connectivity index (χ0) is 12.5. The van der Waals surface area contributed by atoms with Crippen molar-refractivity contribution in [1.29, 1.82) is 0 Å². The third-order valence-corrected chi connectivity index (χ3v) is 4.12. The number of piperidine rings is 1. The summed E-state index contributed by atoms with van der Waals surface area (Å²) in [7, 11) is 0. The molecular weight excluding hydrogens is 224 g/mol. The predicted octanol–water partition coefficient (Wildman–Crippen LogP) is 1.53. The number of nitrogens with zero attached hydrogens (tertiary/aromatic N) is 3. The molecule has 1 aliphatic carbocycles. The Bertz CT molecular complexity index is 432. The number of anilines is 1. The van der Waals surface area contributed by atoms with Gasteiger partial charge in [0.25, 0.3) is 0 Å². The third-order valence-electron chi connectivity index (χ3n) is 4.12. The number of hydrogen-bond donors (Lipinski definition) is 1. The van der Waals surface area contributed by atoms with Gasteiger partial charge >= 0.3 is 0 Å². The maximum Gasteiger partial charge on any atom is 0.225 e. The van der Waals surface area contributed by atoms with Crippen LogP contribution in [-0.4, -0.2) is 29.1 Å². The van der Waals surface area contributed by atoms with Crippen LogP contribution in [-0.2, 0) is 12.8 Å². The number of fused-ring (bicyclic) bond motifs is 1. The smallest absolute Gasteiger partial charge is 0.225 e. The van der Waals surface area contributed by atoms with Gasteiger partial charge in [-0.2, -0.15) is 0 Å². The van der Waals surface area contributed by atoms with E-state index in [2.05, 4.69) is 16.8 Å². The van der Waals surface area contributed by atoms with Crippen LogP contribution in [0.25, 0.3) is 0 Å². The molecule has 3 rings (SSSR count). The zero-order valence-corrected chi connectivity index (χ0v) is 11.1. The molecule has 2 N–H and O–H groups in total. The Morgan fingerprint density at radius 3 is 3.11 bits per heavy atom. The number of hydrogen-bond acceptors (Lipinski definition) is 4. The molecule has 1 aromatic heterocycles. The summed E-state index contributed by atoms with van der Waals surface area (Å²) in [6, 6.07) is 0.276. The van der Waals surface area contributed by atoms with Gasteiger partial charge in [0.1, 0.15) is 0 Å². The molecule has 0 amide bonds. The minimum Gasteiger partial charge on any atom is -0.339 e. The first-order valence-electron chi connectivity index (χ1n) is 7.07. The molecule has 1 aliphatic heterocycles. The Kier molecular flexibility index (Phi) is 3.20. The van der Waals surface area contributed by atoms with Crippen molar-refractivity contribution >= 4 is 5.95 Å². The van der Waals surface area contributed by atoms with Crippen molar-refractivity contribution in [2.75, 3.05) is 18.0 Å². The van der Waals surface area contributed by atoms with Crippen LogP contribution in [0.2, 0.25) is 0 Å². The van der Waals surface area contributed by atoms with E-state index >= 15 is 0 Å². The highest BCUT2D eigenvalue weighted by atomic mass is 15.3.